The van der Waals surface area contributed by atoms with E-state index in [4.69, 9.17) is 10.3 Å². The van der Waals surface area contributed by atoms with E-state index in [1.165, 1.54) is 18.2 Å². The Kier molecular flexibility index (Phi) is 4.53. The van der Waals surface area contributed by atoms with E-state index in [1.807, 2.05) is 0 Å². The van der Waals surface area contributed by atoms with E-state index in [9.17, 15) is 13.4 Å². The second-order valence-corrected chi connectivity index (χ2v) is 3.73. The van der Waals surface area contributed by atoms with E-state index in [0.29, 0.717) is 0 Å². The average Bonchev–Trinajstić information content (AvgIpc) is 2.26. The second-order valence-electron chi connectivity index (χ2n) is 3.03. The molecule has 1 aromatic rings. The maximum Gasteiger partial charge on any atom is 0.259 e. The largest absolute Gasteiger partial charge is 0.324 e. The number of carbonyl (C=O) groups is 1. The molecule has 0 aliphatic carbocycles. The first-order valence-electron chi connectivity index (χ1n) is 4.37. The molecule has 4 N–H and O–H groups in total. The Bertz CT molecular complexity index is 425. The molecule has 1 rings (SSSR count). The molecule has 0 saturated heterocycles. The molecule has 5 nitrogen and oxygen atoms in total. The summed E-state index contributed by atoms with van der Waals surface area (Å²) in [6, 6.07) is 4.06. The minimum atomic E-state index is -2.27. The molecule has 0 aromatic heterocycles. The molecule has 0 saturated carbocycles. The summed E-state index contributed by atoms with van der Waals surface area (Å²) in [6.45, 7) is -0.962. The van der Waals surface area contributed by atoms with Crippen LogP contribution in [0.2, 0.25) is 0 Å². The van der Waals surface area contributed by atoms with E-state index in [1.54, 1.807) is 0 Å². The maximum atomic E-state index is 12.5. The normalized spacial score (nSPS) is 12.2. The molecule has 1 atom stereocenters. The molecular formula is C9H11FN2O3S. The standard InChI is InChI=1S/C9H11FN2O3S/c10-4-6-1-7(9(13)5-11)3-8(2-6)12-16(14)15/h1-3,12H,4-5,11H2,(H,14,15). The van der Waals surface area contributed by atoms with Crippen LogP contribution < -0.4 is 10.5 Å². The van der Waals surface area contributed by atoms with Gasteiger partial charge in [-0.05, 0) is 23.8 Å². The zero-order valence-corrected chi connectivity index (χ0v) is 9.09. The average molecular weight is 246 g/mol. The van der Waals surface area contributed by atoms with Crippen molar-refractivity contribution in [1.82, 2.24) is 0 Å². The van der Waals surface area contributed by atoms with Crippen LogP contribution in [0.1, 0.15) is 15.9 Å². The number of nitrogens with one attached hydrogen (secondary N) is 1. The second kappa shape index (κ2) is 5.69. The van der Waals surface area contributed by atoms with Crippen molar-refractivity contribution < 1.29 is 17.9 Å². The lowest BCUT2D eigenvalue weighted by Gasteiger charge is -2.06. The molecule has 0 spiro atoms. The van der Waals surface area contributed by atoms with Crippen LogP contribution in [0.15, 0.2) is 18.2 Å². The van der Waals surface area contributed by atoms with E-state index in [2.05, 4.69) is 4.72 Å². The Hall–Kier alpha value is -1.31. The molecule has 16 heavy (non-hydrogen) atoms. The molecule has 0 aliphatic heterocycles. The van der Waals surface area contributed by atoms with Crippen LogP contribution in [-0.4, -0.2) is 21.1 Å². The third-order valence-electron chi connectivity index (χ3n) is 1.86. The van der Waals surface area contributed by atoms with Crippen molar-refractivity contribution in [3.8, 4) is 0 Å². The third-order valence-corrected chi connectivity index (χ3v) is 2.27. The van der Waals surface area contributed by atoms with Crippen LogP contribution in [0.25, 0.3) is 0 Å². The summed E-state index contributed by atoms with van der Waals surface area (Å²) in [6.07, 6.45) is 0. The Morgan fingerprint density at radius 2 is 2.19 bits per heavy atom. The van der Waals surface area contributed by atoms with Crippen LogP contribution in [-0.2, 0) is 17.9 Å². The molecule has 0 radical (unpaired) electrons. The van der Waals surface area contributed by atoms with E-state index in [0.717, 1.165) is 0 Å². The predicted octanol–water partition coefficient (Wildman–Crippen LogP) is 0.846. The van der Waals surface area contributed by atoms with Crippen molar-refractivity contribution in [3.63, 3.8) is 0 Å². The molecule has 0 heterocycles. The number of rotatable bonds is 5. The maximum absolute atomic E-state index is 12.5. The van der Waals surface area contributed by atoms with Gasteiger partial charge in [0.2, 0.25) is 0 Å². The van der Waals surface area contributed by atoms with Crippen molar-refractivity contribution >= 4 is 22.7 Å². The Labute approximate surface area is 94.3 Å². The van der Waals surface area contributed by atoms with Gasteiger partial charge >= 0.3 is 0 Å². The molecule has 88 valence electrons. The van der Waals surface area contributed by atoms with Crippen LogP contribution in [0.5, 0.6) is 0 Å². The number of anilines is 1. The number of carbonyl (C=O) groups excluding carboxylic acids is 1. The fraction of sp³-hybridized carbons (Fsp3) is 0.222. The molecule has 0 bridgehead atoms. The number of benzene rings is 1. The van der Waals surface area contributed by atoms with Gasteiger partial charge in [0.05, 0.1) is 6.54 Å². The lowest BCUT2D eigenvalue weighted by atomic mass is 10.1. The minimum Gasteiger partial charge on any atom is -0.324 e. The van der Waals surface area contributed by atoms with Crippen molar-refractivity contribution in [2.24, 2.45) is 5.73 Å². The lowest BCUT2D eigenvalue weighted by Crippen LogP contribution is -2.14. The Morgan fingerprint density at radius 3 is 2.69 bits per heavy atom. The Balaban J connectivity index is 3.10. The number of nitrogens with two attached hydrogens (primary N) is 1. The van der Waals surface area contributed by atoms with E-state index in [-0.39, 0.29) is 29.1 Å². The van der Waals surface area contributed by atoms with Gasteiger partial charge in [-0.3, -0.25) is 14.1 Å². The topological polar surface area (TPSA) is 92.4 Å². The van der Waals surface area contributed by atoms with E-state index < -0.39 is 17.9 Å². The highest BCUT2D eigenvalue weighted by Crippen LogP contribution is 2.16. The molecule has 1 unspecified atom stereocenters. The van der Waals surface area contributed by atoms with Gasteiger partial charge in [-0.25, -0.2) is 8.60 Å². The van der Waals surface area contributed by atoms with Gasteiger partial charge in [-0.15, -0.1) is 0 Å². The summed E-state index contributed by atoms with van der Waals surface area (Å²) in [5, 5.41) is 0. The molecule has 0 aliphatic rings. The summed E-state index contributed by atoms with van der Waals surface area (Å²) < 4.78 is 33.8. The highest BCUT2D eigenvalue weighted by Gasteiger charge is 2.08. The zero-order chi connectivity index (χ0) is 12.1. The van der Waals surface area contributed by atoms with Crippen molar-refractivity contribution in [2.75, 3.05) is 11.3 Å². The lowest BCUT2D eigenvalue weighted by molar-refractivity contribution is 0.100. The highest BCUT2D eigenvalue weighted by molar-refractivity contribution is 7.80. The predicted molar refractivity (Wildman–Crippen MR) is 59.0 cm³/mol. The fourth-order valence-corrected chi connectivity index (χ4v) is 1.53. The van der Waals surface area contributed by atoms with Gasteiger partial charge in [-0.1, -0.05) is 0 Å². The van der Waals surface area contributed by atoms with Crippen LogP contribution >= 0.6 is 0 Å². The number of halogens is 1. The molecule has 0 fully saturated rings. The summed E-state index contributed by atoms with van der Waals surface area (Å²) in [5.41, 5.74) is 5.83. The van der Waals surface area contributed by atoms with Crippen molar-refractivity contribution in [2.45, 2.75) is 6.67 Å². The van der Waals surface area contributed by atoms with Crippen LogP contribution in [0.3, 0.4) is 0 Å². The zero-order valence-electron chi connectivity index (χ0n) is 8.27. The number of alkyl halides is 1. The number of hydrogen-bond donors (Lipinski definition) is 3. The first kappa shape index (κ1) is 12.8. The molecule has 7 heteroatoms. The monoisotopic (exact) mass is 246 g/mol. The van der Waals surface area contributed by atoms with Crippen LogP contribution in [0.4, 0.5) is 10.1 Å². The first-order chi connectivity index (χ1) is 7.56. The number of hydrogen-bond acceptors (Lipinski definition) is 3. The van der Waals surface area contributed by atoms with Crippen LogP contribution in [0, 0.1) is 0 Å². The highest BCUT2D eigenvalue weighted by atomic mass is 32.2. The minimum absolute atomic E-state index is 0.197. The number of Topliss-reactive ketones (excluding diaryl/α,β-unsaturated/α-hetero) is 1. The Morgan fingerprint density at radius 1 is 1.50 bits per heavy atom. The fourth-order valence-electron chi connectivity index (χ4n) is 1.21. The quantitative estimate of drug-likeness (QED) is 0.530. The molecule has 1 aromatic carbocycles. The van der Waals surface area contributed by atoms with Gasteiger partial charge in [-0.2, -0.15) is 0 Å². The van der Waals surface area contributed by atoms with Gasteiger partial charge in [0, 0.05) is 11.3 Å². The van der Waals surface area contributed by atoms with Crippen molar-refractivity contribution in [1.29, 1.82) is 0 Å². The van der Waals surface area contributed by atoms with Crippen molar-refractivity contribution in [3.05, 3.63) is 29.3 Å². The van der Waals surface area contributed by atoms with Gasteiger partial charge in [0.1, 0.15) is 6.67 Å². The number of ketones is 1. The molecular weight excluding hydrogens is 235 g/mol. The third kappa shape index (κ3) is 3.37. The van der Waals surface area contributed by atoms with Gasteiger partial charge < -0.3 is 5.73 Å². The summed E-state index contributed by atoms with van der Waals surface area (Å²) in [4.78, 5) is 11.3. The van der Waals surface area contributed by atoms with Gasteiger partial charge in [0.25, 0.3) is 11.3 Å². The summed E-state index contributed by atoms with van der Waals surface area (Å²) >= 11 is -2.27. The SMILES string of the molecule is NCC(=O)c1cc(CF)cc(NS(=O)O)c1. The first-order valence-corrected chi connectivity index (χ1v) is 5.48. The molecule has 0 amide bonds. The van der Waals surface area contributed by atoms with E-state index >= 15 is 0 Å². The van der Waals surface area contributed by atoms with Gasteiger partial charge in [0.15, 0.2) is 5.78 Å². The smallest absolute Gasteiger partial charge is 0.259 e. The summed E-state index contributed by atoms with van der Waals surface area (Å²) in [5.74, 6) is -0.359. The summed E-state index contributed by atoms with van der Waals surface area (Å²) in [7, 11) is 0.